The van der Waals surface area contributed by atoms with Gasteiger partial charge in [0, 0.05) is 31.6 Å². The van der Waals surface area contributed by atoms with Crippen molar-refractivity contribution in [1.29, 1.82) is 0 Å². The Balaban J connectivity index is 1.31. The number of amides is 1. The molecular formula is C33H39F3N4O3. The Morgan fingerprint density at radius 3 is 2.47 bits per heavy atom. The van der Waals surface area contributed by atoms with Gasteiger partial charge in [-0.2, -0.15) is 0 Å². The normalized spacial score (nSPS) is 15.8. The van der Waals surface area contributed by atoms with Gasteiger partial charge in [-0.05, 0) is 74.8 Å². The smallest absolute Gasteiger partial charge is 0.410 e. The molecule has 0 aliphatic carbocycles. The number of ether oxygens (including phenoxy) is 2. The highest BCUT2D eigenvalue weighted by atomic mass is 19.1. The minimum Gasteiger partial charge on any atom is -0.486 e. The van der Waals surface area contributed by atoms with Crippen molar-refractivity contribution in [2.75, 3.05) is 37.7 Å². The lowest BCUT2D eigenvalue weighted by atomic mass is 9.88. The Kier molecular flexibility index (Phi) is 8.85. The van der Waals surface area contributed by atoms with Crippen molar-refractivity contribution >= 4 is 11.8 Å². The average molecular weight is 597 g/mol. The van der Waals surface area contributed by atoms with Gasteiger partial charge in [-0.25, -0.2) is 27.9 Å². The first-order valence-corrected chi connectivity index (χ1v) is 14.9. The fraction of sp³-hybridized carbons (Fsp3) is 0.485. The van der Waals surface area contributed by atoms with E-state index in [1.165, 1.54) is 12.1 Å². The number of fused-ring (bicyclic) bond motifs is 1. The molecule has 0 spiro atoms. The Hall–Kier alpha value is -3.82. The summed E-state index contributed by atoms with van der Waals surface area (Å²) in [7, 11) is 0. The van der Waals surface area contributed by atoms with Crippen LogP contribution in [0.15, 0.2) is 36.5 Å². The molecule has 0 atom stereocenters. The lowest BCUT2D eigenvalue weighted by Crippen LogP contribution is -2.41. The van der Waals surface area contributed by atoms with Crippen LogP contribution in [0.3, 0.4) is 0 Å². The van der Waals surface area contributed by atoms with Crippen LogP contribution in [-0.4, -0.2) is 59.3 Å². The first-order valence-electron chi connectivity index (χ1n) is 14.9. The number of likely N-dealkylation sites (tertiary alicyclic amines) is 1. The molecule has 2 aliphatic rings. The second-order valence-corrected chi connectivity index (χ2v) is 12.8. The second-order valence-electron chi connectivity index (χ2n) is 12.8. The monoisotopic (exact) mass is 596 g/mol. The van der Waals surface area contributed by atoms with Crippen molar-refractivity contribution in [1.82, 2.24) is 14.9 Å². The first-order chi connectivity index (χ1) is 20.4. The summed E-state index contributed by atoms with van der Waals surface area (Å²) in [6, 6.07) is 7.99. The summed E-state index contributed by atoms with van der Waals surface area (Å²) in [5.41, 5.74) is 1.52. The molecular weight excluding hydrogens is 557 g/mol. The van der Waals surface area contributed by atoms with E-state index < -0.39 is 17.2 Å². The molecule has 3 aromatic rings. The highest BCUT2D eigenvalue weighted by molar-refractivity contribution is 5.72. The fourth-order valence-electron chi connectivity index (χ4n) is 5.69. The van der Waals surface area contributed by atoms with Gasteiger partial charge in [0.1, 0.15) is 29.5 Å². The third kappa shape index (κ3) is 7.22. The molecule has 0 bridgehead atoms. The summed E-state index contributed by atoms with van der Waals surface area (Å²) < 4.78 is 56.4. The van der Waals surface area contributed by atoms with E-state index in [4.69, 9.17) is 9.47 Å². The number of carbonyl (C=O) groups excluding carboxylic acids is 1. The zero-order valence-electron chi connectivity index (χ0n) is 25.4. The average Bonchev–Trinajstić information content (AvgIpc) is 2.93. The minimum atomic E-state index is -0.672. The highest BCUT2D eigenvalue weighted by Gasteiger charge is 2.29. The van der Waals surface area contributed by atoms with Gasteiger partial charge in [0.05, 0.1) is 18.4 Å². The standard InChI is InChI=1S/C33H39F3N4O3/c1-20(2)19-40-12-13-42-31-26(35)16-23(17-28(31)40)30-27(36)18-37-29(38-30)15-21-6-7-24(25(34)14-21)22-8-10-39(11-9-22)32(41)43-33(3,4)5/h6-7,14,16-18,20,22H,8-13,15,19H2,1-5H3. The molecule has 5 rings (SSSR count). The van der Waals surface area contributed by atoms with Crippen molar-refractivity contribution in [3.05, 3.63) is 70.9 Å². The molecule has 0 radical (unpaired) electrons. The maximum Gasteiger partial charge on any atom is 0.410 e. The maximum atomic E-state index is 15.3. The van der Waals surface area contributed by atoms with Crippen molar-refractivity contribution < 1.29 is 27.4 Å². The lowest BCUT2D eigenvalue weighted by molar-refractivity contribution is 0.0204. The third-order valence-electron chi connectivity index (χ3n) is 7.64. The molecule has 230 valence electrons. The van der Waals surface area contributed by atoms with E-state index in [-0.39, 0.29) is 41.3 Å². The van der Waals surface area contributed by atoms with Crippen LogP contribution in [0.2, 0.25) is 0 Å². The van der Waals surface area contributed by atoms with E-state index in [0.717, 1.165) is 6.20 Å². The predicted molar refractivity (Wildman–Crippen MR) is 159 cm³/mol. The van der Waals surface area contributed by atoms with Crippen LogP contribution >= 0.6 is 0 Å². The van der Waals surface area contributed by atoms with Gasteiger partial charge in [0.15, 0.2) is 17.4 Å². The molecule has 0 N–H and O–H groups in total. The van der Waals surface area contributed by atoms with E-state index in [0.29, 0.717) is 74.2 Å². The zero-order chi connectivity index (χ0) is 30.9. The molecule has 1 aromatic heterocycles. The minimum absolute atomic E-state index is 0.0143. The second kappa shape index (κ2) is 12.4. The van der Waals surface area contributed by atoms with Gasteiger partial charge < -0.3 is 19.3 Å². The maximum absolute atomic E-state index is 15.3. The fourth-order valence-corrected chi connectivity index (χ4v) is 5.69. The summed E-state index contributed by atoms with van der Waals surface area (Å²) in [6.07, 6.45) is 2.17. The Morgan fingerprint density at radius 2 is 1.79 bits per heavy atom. The SMILES string of the molecule is CC(C)CN1CCOc2c(F)cc(-c3nc(Cc4ccc(C5CCN(C(=O)OC(C)(C)C)CC5)c(F)c4)ncc3F)cc21. The molecule has 0 saturated carbocycles. The molecule has 1 fully saturated rings. The lowest BCUT2D eigenvalue weighted by Gasteiger charge is -2.33. The summed E-state index contributed by atoms with van der Waals surface area (Å²) in [6.45, 7) is 12.3. The van der Waals surface area contributed by atoms with Crippen molar-refractivity contribution in [3.63, 3.8) is 0 Å². The van der Waals surface area contributed by atoms with E-state index >= 15 is 8.78 Å². The van der Waals surface area contributed by atoms with Gasteiger partial charge in [-0.1, -0.05) is 26.0 Å². The highest BCUT2D eigenvalue weighted by Crippen LogP contribution is 2.39. The number of hydrogen-bond donors (Lipinski definition) is 0. The number of aromatic nitrogens is 2. The van der Waals surface area contributed by atoms with Gasteiger partial charge in [-0.15, -0.1) is 0 Å². The molecule has 3 heterocycles. The molecule has 1 amide bonds. The number of anilines is 1. The largest absolute Gasteiger partial charge is 0.486 e. The number of nitrogens with zero attached hydrogens (tertiary/aromatic N) is 4. The van der Waals surface area contributed by atoms with Gasteiger partial charge >= 0.3 is 6.09 Å². The number of carbonyl (C=O) groups is 1. The van der Waals surface area contributed by atoms with E-state index in [1.54, 1.807) is 17.0 Å². The van der Waals surface area contributed by atoms with Crippen LogP contribution in [0.5, 0.6) is 5.75 Å². The summed E-state index contributed by atoms with van der Waals surface area (Å²) in [4.78, 5) is 24.6. The Bertz CT molecular complexity index is 1480. The van der Waals surface area contributed by atoms with Crippen molar-refractivity contribution in [2.24, 2.45) is 5.92 Å². The summed E-state index contributed by atoms with van der Waals surface area (Å²) in [5.74, 6) is -0.794. The number of halogens is 3. The third-order valence-corrected chi connectivity index (χ3v) is 7.64. The number of hydrogen-bond acceptors (Lipinski definition) is 6. The van der Waals surface area contributed by atoms with Crippen LogP contribution in [0, 0.1) is 23.4 Å². The molecule has 0 unspecified atom stereocenters. The molecule has 2 aromatic carbocycles. The van der Waals surface area contributed by atoms with Crippen LogP contribution < -0.4 is 9.64 Å². The molecule has 10 heteroatoms. The van der Waals surface area contributed by atoms with Gasteiger partial charge in [0.2, 0.25) is 0 Å². The van der Waals surface area contributed by atoms with Crippen LogP contribution in [-0.2, 0) is 11.2 Å². The number of benzene rings is 2. The molecule has 7 nitrogen and oxygen atoms in total. The van der Waals surface area contributed by atoms with E-state index in [1.807, 2.05) is 31.7 Å². The quantitative estimate of drug-likeness (QED) is 0.302. The number of rotatable bonds is 6. The molecule has 1 saturated heterocycles. The van der Waals surface area contributed by atoms with Crippen molar-refractivity contribution in [2.45, 2.75) is 65.4 Å². The van der Waals surface area contributed by atoms with E-state index in [2.05, 4.69) is 23.8 Å². The Labute approximate surface area is 251 Å². The summed E-state index contributed by atoms with van der Waals surface area (Å²) in [5, 5.41) is 0. The van der Waals surface area contributed by atoms with Crippen LogP contribution in [0.25, 0.3) is 11.3 Å². The summed E-state index contributed by atoms with van der Waals surface area (Å²) >= 11 is 0. The van der Waals surface area contributed by atoms with Gasteiger partial charge in [-0.3, -0.25) is 0 Å². The molecule has 43 heavy (non-hydrogen) atoms. The van der Waals surface area contributed by atoms with Crippen LogP contribution in [0.4, 0.5) is 23.7 Å². The van der Waals surface area contributed by atoms with Crippen LogP contribution in [0.1, 0.15) is 70.3 Å². The zero-order valence-corrected chi connectivity index (χ0v) is 25.4. The topological polar surface area (TPSA) is 67.8 Å². The predicted octanol–water partition coefficient (Wildman–Crippen LogP) is 7.12. The first kappa shape index (κ1) is 30.6. The number of piperidine rings is 1. The Morgan fingerprint density at radius 1 is 1.05 bits per heavy atom. The van der Waals surface area contributed by atoms with Crippen molar-refractivity contribution in [3.8, 4) is 17.0 Å². The molecule has 2 aliphatic heterocycles. The van der Waals surface area contributed by atoms with Gasteiger partial charge in [0.25, 0.3) is 0 Å². The van der Waals surface area contributed by atoms with E-state index in [9.17, 15) is 9.18 Å².